The van der Waals surface area contributed by atoms with E-state index in [1.54, 1.807) is 0 Å². The van der Waals surface area contributed by atoms with Gasteiger partial charge in [0.15, 0.2) is 0 Å². The van der Waals surface area contributed by atoms with Gasteiger partial charge in [-0.15, -0.1) is 0 Å². The Morgan fingerprint density at radius 3 is 1.90 bits per heavy atom. The molecule has 2 rings (SSSR count). The molecule has 0 aliphatic rings. The quantitative estimate of drug-likeness (QED) is 0.793. The minimum Gasteiger partial charge on any atom is -0.399 e. The predicted molar refractivity (Wildman–Crippen MR) is 94.7 cm³/mol. The third-order valence-corrected chi connectivity index (χ3v) is 4.14. The Morgan fingerprint density at radius 1 is 0.762 bits per heavy atom. The molecule has 0 amide bonds. The molecule has 0 heterocycles. The lowest BCUT2D eigenvalue weighted by molar-refractivity contribution is 1.04. The predicted octanol–water partition coefficient (Wildman–Crippen LogP) is 4.59. The molecular formula is C19H28N2. The summed E-state index contributed by atoms with van der Waals surface area (Å²) in [5.74, 6) is 0. The average Bonchev–Trinajstić information content (AvgIpc) is 2.49. The zero-order valence-electron chi connectivity index (χ0n) is 14.0. The van der Waals surface area contributed by atoms with E-state index in [1.807, 2.05) is 18.2 Å². The smallest absolute Gasteiger partial charge is 0.0349 e. The summed E-state index contributed by atoms with van der Waals surface area (Å²) in [6.45, 7) is 10.6. The molecule has 2 heteroatoms. The van der Waals surface area contributed by atoms with Crippen LogP contribution in [0.2, 0.25) is 0 Å². The largest absolute Gasteiger partial charge is 0.399 e. The molecule has 0 spiro atoms. The van der Waals surface area contributed by atoms with Crippen molar-refractivity contribution in [2.45, 2.75) is 47.5 Å². The fourth-order valence-corrected chi connectivity index (χ4v) is 2.39. The van der Waals surface area contributed by atoms with Crippen molar-refractivity contribution >= 4 is 11.4 Å². The lowest BCUT2D eigenvalue weighted by Gasteiger charge is -2.07. The second-order valence-electron chi connectivity index (χ2n) is 5.41. The highest BCUT2D eigenvalue weighted by Gasteiger charge is 2.00. The van der Waals surface area contributed by atoms with Gasteiger partial charge in [-0.25, -0.2) is 0 Å². The van der Waals surface area contributed by atoms with E-state index in [1.165, 1.54) is 27.8 Å². The molecule has 0 bridgehead atoms. The summed E-state index contributed by atoms with van der Waals surface area (Å²) in [6.07, 6.45) is 2.12. The maximum Gasteiger partial charge on any atom is 0.0349 e. The van der Waals surface area contributed by atoms with Crippen molar-refractivity contribution in [1.82, 2.24) is 0 Å². The first-order valence-electron chi connectivity index (χ1n) is 7.60. The lowest BCUT2D eigenvalue weighted by Crippen LogP contribution is -1.97. The summed E-state index contributed by atoms with van der Waals surface area (Å²) in [5, 5.41) is 0. The monoisotopic (exact) mass is 284 g/mol. The molecule has 0 atom stereocenters. The molecule has 0 aliphatic carbocycles. The number of rotatable bonds is 2. The standard InChI is InChI=1S/C10H15N.C9H13N/c1-3-8-6-5-7-10(11)9(8)4-2;1-6-4-5-9(10)8(3)7(6)2/h5-7H,3-4,11H2,1-2H3;4-5H,10H2,1-3H3. The van der Waals surface area contributed by atoms with E-state index in [9.17, 15) is 0 Å². The Kier molecular flexibility index (Phi) is 6.29. The molecule has 0 saturated heterocycles. The normalized spacial score (nSPS) is 9.95. The highest BCUT2D eigenvalue weighted by Crippen LogP contribution is 2.18. The van der Waals surface area contributed by atoms with Crippen LogP contribution in [-0.4, -0.2) is 0 Å². The van der Waals surface area contributed by atoms with Gasteiger partial charge in [-0.3, -0.25) is 0 Å². The van der Waals surface area contributed by atoms with Gasteiger partial charge in [0, 0.05) is 11.4 Å². The van der Waals surface area contributed by atoms with Gasteiger partial charge in [0.25, 0.3) is 0 Å². The number of anilines is 2. The van der Waals surface area contributed by atoms with Crippen LogP contribution in [0.3, 0.4) is 0 Å². The van der Waals surface area contributed by atoms with Crippen LogP contribution in [-0.2, 0) is 12.8 Å². The molecule has 0 radical (unpaired) electrons. The van der Waals surface area contributed by atoms with Crippen molar-refractivity contribution in [3.63, 3.8) is 0 Å². The highest BCUT2D eigenvalue weighted by atomic mass is 14.6. The van der Waals surface area contributed by atoms with Crippen molar-refractivity contribution in [3.8, 4) is 0 Å². The lowest BCUT2D eigenvalue weighted by atomic mass is 10.0. The Bertz CT molecular complexity index is 574. The molecule has 2 aromatic carbocycles. The summed E-state index contributed by atoms with van der Waals surface area (Å²) in [6, 6.07) is 10.1. The zero-order valence-corrected chi connectivity index (χ0v) is 14.0. The average molecular weight is 284 g/mol. The molecule has 0 aromatic heterocycles. The first-order chi connectivity index (χ1) is 9.92. The fourth-order valence-electron chi connectivity index (χ4n) is 2.39. The third-order valence-electron chi connectivity index (χ3n) is 4.14. The first kappa shape index (κ1) is 17.1. The topological polar surface area (TPSA) is 52.0 Å². The van der Waals surface area contributed by atoms with E-state index >= 15 is 0 Å². The summed E-state index contributed by atoms with van der Waals surface area (Å²) < 4.78 is 0. The number of hydrogen-bond acceptors (Lipinski definition) is 2. The van der Waals surface area contributed by atoms with E-state index in [2.05, 4.69) is 46.8 Å². The second-order valence-corrected chi connectivity index (χ2v) is 5.41. The third kappa shape index (κ3) is 4.25. The summed E-state index contributed by atoms with van der Waals surface area (Å²) in [4.78, 5) is 0. The summed E-state index contributed by atoms with van der Waals surface area (Å²) in [7, 11) is 0. The van der Waals surface area contributed by atoms with Crippen molar-refractivity contribution in [2.24, 2.45) is 0 Å². The van der Waals surface area contributed by atoms with Crippen LogP contribution in [0, 0.1) is 20.8 Å². The number of hydrogen-bond donors (Lipinski definition) is 2. The number of benzene rings is 2. The Balaban J connectivity index is 0.000000211. The van der Waals surface area contributed by atoms with E-state index in [-0.39, 0.29) is 0 Å². The Morgan fingerprint density at radius 2 is 1.43 bits per heavy atom. The second kappa shape index (κ2) is 7.72. The Hall–Kier alpha value is -1.96. The maximum absolute atomic E-state index is 5.81. The van der Waals surface area contributed by atoms with Crippen LogP contribution in [0.5, 0.6) is 0 Å². The van der Waals surface area contributed by atoms with E-state index < -0.39 is 0 Å². The summed E-state index contributed by atoms with van der Waals surface area (Å²) in [5.41, 5.74) is 19.8. The van der Waals surface area contributed by atoms with Crippen LogP contribution in [0.1, 0.15) is 41.7 Å². The van der Waals surface area contributed by atoms with Gasteiger partial charge in [-0.1, -0.05) is 32.0 Å². The molecule has 2 aromatic rings. The molecule has 4 N–H and O–H groups in total. The molecule has 114 valence electrons. The van der Waals surface area contributed by atoms with Crippen molar-refractivity contribution < 1.29 is 0 Å². The van der Waals surface area contributed by atoms with E-state index in [4.69, 9.17) is 11.5 Å². The molecular weight excluding hydrogens is 256 g/mol. The van der Waals surface area contributed by atoms with Crippen molar-refractivity contribution in [1.29, 1.82) is 0 Å². The van der Waals surface area contributed by atoms with Crippen LogP contribution in [0.25, 0.3) is 0 Å². The number of aryl methyl sites for hydroxylation is 2. The maximum atomic E-state index is 5.81. The van der Waals surface area contributed by atoms with Gasteiger partial charge in [0.1, 0.15) is 0 Å². The van der Waals surface area contributed by atoms with Gasteiger partial charge in [0.2, 0.25) is 0 Å². The molecule has 0 aliphatic heterocycles. The minimum atomic E-state index is 0.892. The van der Waals surface area contributed by atoms with Gasteiger partial charge in [-0.2, -0.15) is 0 Å². The minimum absolute atomic E-state index is 0.892. The van der Waals surface area contributed by atoms with Crippen LogP contribution in [0.4, 0.5) is 11.4 Å². The highest BCUT2D eigenvalue weighted by molar-refractivity contribution is 5.52. The molecule has 0 saturated carbocycles. The van der Waals surface area contributed by atoms with Crippen LogP contribution in [0.15, 0.2) is 30.3 Å². The zero-order chi connectivity index (χ0) is 16.0. The summed E-state index contributed by atoms with van der Waals surface area (Å²) >= 11 is 0. The van der Waals surface area contributed by atoms with Crippen molar-refractivity contribution in [2.75, 3.05) is 11.5 Å². The van der Waals surface area contributed by atoms with Gasteiger partial charge in [0.05, 0.1) is 0 Å². The van der Waals surface area contributed by atoms with E-state index in [0.717, 1.165) is 24.2 Å². The van der Waals surface area contributed by atoms with Crippen molar-refractivity contribution in [3.05, 3.63) is 58.1 Å². The SMILES string of the molecule is CCc1cccc(N)c1CC.Cc1ccc(N)c(C)c1C. The molecule has 21 heavy (non-hydrogen) atoms. The van der Waals surface area contributed by atoms with Crippen LogP contribution < -0.4 is 11.5 Å². The number of nitrogens with two attached hydrogens (primary N) is 2. The van der Waals surface area contributed by atoms with E-state index in [0.29, 0.717) is 0 Å². The molecule has 2 nitrogen and oxygen atoms in total. The van der Waals surface area contributed by atoms with Gasteiger partial charge < -0.3 is 11.5 Å². The molecule has 0 fully saturated rings. The number of nitrogen functional groups attached to an aromatic ring is 2. The van der Waals surface area contributed by atoms with Crippen LogP contribution >= 0.6 is 0 Å². The Labute approximate surface area is 129 Å². The first-order valence-corrected chi connectivity index (χ1v) is 7.60. The fraction of sp³-hybridized carbons (Fsp3) is 0.368. The van der Waals surface area contributed by atoms with Gasteiger partial charge >= 0.3 is 0 Å². The van der Waals surface area contributed by atoms with Gasteiger partial charge in [-0.05, 0) is 73.6 Å². The molecule has 0 unspecified atom stereocenters.